The molecule has 0 aromatic carbocycles. The lowest BCUT2D eigenvalue weighted by atomic mass is 10.3. The summed E-state index contributed by atoms with van der Waals surface area (Å²) in [5, 5.41) is 10.8. The van der Waals surface area contributed by atoms with Crippen molar-refractivity contribution < 1.29 is 4.79 Å². The zero-order valence-electron chi connectivity index (χ0n) is 9.88. The number of hydrogen-bond acceptors (Lipinski definition) is 6. The Labute approximate surface area is 108 Å². The summed E-state index contributed by atoms with van der Waals surface area (Å²) >= 11 is 5.87. The second-order valence-corrected chi connectivity index (χ2v) is 4.01. The Bertz CT molecular complexity index is 582. The van der Waals surface area contributed by atoms with E-state index in [1.165, 1.54) is 0 Å². The molecule has 2 heterocycles. The molecule has 2 aromatic rings. The van der Waals surface area contributed by atoms with Crippen LogP contribution >= 0.6 is 11.6 Å². The van der Waals surface area contributed by atoms with Crippen LogP contribution in [-0.2, 0) is 13.6 Å². The van der Waals surface area contributed by atoms with Gasteiger partial charge < -0.3 is 9.88 Å². The first-order chi connectivity index (χ1) is 8.61. The van der Waals surface area contributed by atoms with Gasteiger partial charge in [-0.2, -0.15) is 0 Å². The maximum absolute atomic E-state index is 11.0. The summed E-state index contributed by atoms with van der Waals surface area (Å²) in [6.45, 7) is 2.10. The van der Waals surface area contributed by atoms with Crippen LogP contribution in [0.3, 0.4) is 0 Å². The fourth-order valence-electron chi connectivity index (χ4n) is 1.42. The summed E-state index contributed by atoms with van der Waals surface area (Å²) in [5.74, 6) is 1.61. The number of aromatic nitrogens is 5. The maximum atomic E-state index is 11.0. The number of anilines is 1. The molecule has 0 saturated heterocycles. The molecule has 0 atom stereocenters. The van der Waals surface area contributed by atoms with Crippen LogP contribution in [0.1, 0.15) is 22.0 Å². The van der Waals surface area contributed by atoms with Gasteiger partial charge in [0.25, 0.3) is 0 Å². The third-order valence-electron chi connectivity index (χ3n) is 2.35. The Morgan fingerprint density at radius 3 is 2.89 bits per heavy atom. The van der Waals surface area contributed by atoms with Gasteiger partial charge in [0.15, 0.2) is 12.1 Å². The first kappa shape index (κ1) is 12.4. The molecule has 0 aliphatic heterocycles. The molecular formula is C10H11ClN6O. The molecule has 0 aliphatic carbocycles. The summed E-state index contributed by atoms with van der Waals surface area (Å²) in [7, 11) is 1.83. The van der Waals surface area contributed by atoms with E-state index in [0.29, 0.717) is 24.5 Å². The number of nitrogens with one attached hydrogen (secondary N) is 1. The minimum Gasteiger partial charge on any atom is -0.362 e. The van der Waals surface area contributed by atoms with Gasteiger partial charge in [-0.25, -0.2) is 9.97 Å². The quantitative estimate of drug-likeness (QED) is 0.656. The lowest BCUT2D eigenvalue weighted by molar-refractivity contribution is 0.112. The number of rotatable bonds is 4. The normalized spacial score (nSPS) is 10.4. The zero-order chi connectivity index (χ0) is 13.1. The predicted octanol–water partition coefficient (Wildman–Crippen LogP) is 0.992. The molecule has 0 unspecified atom stereocenters. The smallest absolute Gasteiger partial charge is 0.156 e. The van der Waals surface area contributed by atoms with Crippen LogP contribution in [0.25, 0.3) is 0 Å². The molecule has 0 fully saturated rings. The van der Waals surface area contributed by atoms with E-state index in [1.807, 2.05) is 7.05 Å². The lowest BCUT2D eigenvalue weighted by Gasteiger charge is -2.08. The number of nitrogens with zero attached hydrogens (tertiary/aromatic N) is 5. The van der Waals surface area contributed by atoms with E-state index < -0.39 is 0 Å². The van der Waals surface area contributed by atoms with Gasteiger partial charge >= 0.3 is 0 Å². The molecule has 0 spiro atoms. The van der Waals surface area contributed by atoms with E-state index >= 15 is 0 Å². The van der Waals surface area contributed by atoms with Crippen LogP contribution in [0.15, 0.2) is 6.33 Å². The van der Waals surface area contributed by atoms with Crippen molar-refractivity contribution in [1.29, 1.82) is 0 Å². The maximum Gasteiger partial charge on any atom is 0.156 e. The number of carbonyl (C=O) groups is 1. The van der Waals surface area contributed by atoms with Gasteiger partial charge in [0, 0.05) is 7.05 Å². The highest BCUT2D eigenvalue weighted by molar-refractivity contribution is 6.32. The number of hydrogen-bond donors (Lipinski definition) is 1. The molecule has 0 amide bonds. The van der Waals surface area contributed by atoms with Gasteiger partial charge in [-0.05, 0) is 6.92 Å². The van der Waals surface area contributed by atoms with Gasteiger partial charge in [0.1, 0.15) is 23.1 Å². The molecule has 0 aliphatic rings. The molecule has 0 saturated carbocycles. The van der Waals surface area contributed by atoms with Gasteiger partial charge in [0.2, 0.25) is 0 Å². The molecule has 1 N–H and O–H groups in total. The monoisotopic (exact) mass is 266 g/mol. The highest BCUT2D eigenvalue weighted by atomic mass is 35.5. The largest absolute Gasteiger partial charge is 0.362 e. The van der Waals surface area contributed by atoms with E-state index in [1.54, 1.807) is 17.8 Å². The SMILES string of the molecule is Cc1nc(Cl)c(C=O)c(NCc2nncn2C)n1. The second-order valence-electron chi connectivity index (χ2n) is 3.65. The van der Waals surface area contributed by atoms with Crippen LogP contribution in [0.4, 0.5) is 5.82 Å². The van der Waals surface area contributed by atoms with Crippen molar-refractivity contribution in [1.82, 2.24) is 24.7 Å². The van der Waals surface area contributed by atoms with Crippen LogP contribution in [0.5, 0.6) is 0 Å². The molecule has 2 rings (SSSR count). The summed E-state index contributed by atoms with van der Waals surface area (Å²) in [4.78, 5) is 19.0. The Hall–Kier alpha value is -2.02. The fourth-order valence-corrected chi connectivity index (χ4v) is 1.67. The van der Waals surface area contributed by atoms with Gasteiger partial charge in [-0.15, -0.1) is 10.2 Å². The molecule has 2 aromatic heterocycles. The number of aryl methyl sites for hydroxylation is 2. The molecule has 0 radical (unpaired) electrons. The van der Waals surface area contributed by atoms with E-state index in [0.717, 1.165) is 5.82 Å². The highest BCUT2D eigenvalue weighted by Gasteiger charge is 2.11. The summed E-state index contributed by atoms with van der Waals surface area (Å²) in [6.07, 6.45) is 2.22. The Morgan fingerprint density at radius 1 is 1.50 bits per heavy atom. The predicted molar refractivity (Wildman–Crippen MR) is 65.5 cm³/mol. The number of aldehydes is 1. The fraction of sp³-hybridized carbons (Fsp3) is 0.300. The highest BCUT2D eigenvalue weighted by Crippen LogP contribution is 2.19. The van der Waals surface area contributed by atoms with Crippen molar-refractivity contribution in [2.24, 2.45) is 7.05 Å². The molecule has 18 heavy (non-hydrogen) atoms. The lowest BCUT2D eigenvalue weighted by Crippen LogP contribution is -2.10. The topological polar surface area (TPSA) is 85.6 Å². The zero-order valence-corrected chi connectivity index (χ0v) is 10.6. The average molecular weight is 267 g/mol. The van der Waals surface area contributed by atoms with Gasteiger partial charge in [0.05, 0.1) is 12.1 Å². The average Bonchev–Trinajstić information content (AvgIpc) is 2.71. The third-order valence-corrected chi connectivity index (χ3v) is 2.64. The van der Waals surface area contributed by atoms with E-state index in [-0.39, 0.29) is 10.7 Å². The number of halogens is 1. The van der Waals surface area contributed by atoms with Crippen LogP contribution < -0.4 is 5.32 Å². The Kier molecular flexibility index (Phi) is 3.52. The van der Waals surface area contributed by atoms with Crippen molar-refractivity contribution in [3.8, 4) is 0 Å². The third kappa shape index (κ3) is 2.45. The van der Waals surface area contributed by atoms with Crippen LogP contribution in [0.2, 0.25) is 5.15 Å². The summed E-state index contributed by atoms with van der Waals surface area (Å²) < 4.78 is 1.77. The minimum atomic E-state index is 0.137. The van der Waals surface area contributed by atoms with Crippen LogP contribution in [0, 0.1) is 6.92 Å². The first-order valence-electron chi connectivity index (χ1n) is 5.18. The van der Waals surface area contributed by atoms with E-state index in [4.69, 9.17) is 11.6 Å². The van der Waals surface area contributed by atoms with E-state index in [9.17, 15) is 4.79 Å². The van der Waals surface area contributed by atoms with Crippen molar-refractivity contribution in [3.05, 3.63) is 28.7 Å². The Balaban J connectivity index is 2.23. The molecule has 7 nitrogen and oxygen atoms in total. The second kappa shape index (κ2) is 5.09. The molecule has 0 bridgehead atoms. The molecular weight excluding hydrogens is 256 g/mol. The van der Waals surface area contributed by atoms with Crippen molar-refractivity contribution >= 4 is 23.7 Å². The summed E-state index contributed by atoms with van der Waals surface area (Å²) in [5.41, 5.74) is 0.240. The Morgan fingerprint density at radius 2 is 2.28 bits per heavy atom. The van der Waals surface area contributed by atoms with Crippen molar-refractivity contribution in [3.63, 3.8) is 0 Å². The van der Waals surface area contributed by atoms with Crippen LogP contribution in [-0.4, -0.2) is 31.0 Å². The van der Waals surface area contributed by atoms with Gasteiger partial charge in [-0.3, -0.25) is 4.79 Å². The van der Waals surface area contributed by atoms with Crippen molar-refractivity contribution in [2.75, 3.05) is 5.32 Å². The minimum absolute atomic E-state index is 0.137. The molecule has 8 heteroatoms. The van der Waals surface area contributed by atoms with Crippen molar-refractivity contribution in [2.45, 2.75) is 13.5 Å². The molecule has 94 valence electrons. The van der Waals surface area contributed by atoms with E-state index in [2.05, 4.69) is 25.5 Å². The standard InChI is InChI=1S/C10H11ClN6O/c1-6-14-9(11)7(4-18)10(15-6)12-3-8-16-13-5-17(8)2/h4-5H,3H2,1-2H3,(H,12,14,15). The summed E-state index contributed by atoms with van der Waals surface area (Å²) in [6, 6.07) is 0. The number of carbonyl (C=O) groups excluding carboxylic acids is 1. The van der Waals surface area contributed by atoms with Gasteiger partial charge in [-0.1, -0.05) is 11.6 Å². The first-order valence-corrected chi connectivity index (χ1v) is 5.55.